The van der Waals surface area contributed by atoms with E-state index in [4.69, 9.17) is 13.6 Å². The van der Waals surface area contributed by atoms with Gasteiger partial charge in [-0.05, 0) is 72.4 Å². The molecule has 0 atom stereocenters. The first-order chi connectivity index (χ1) is 25.1. The molecule has 52 heavy (non-hydrogen) atoms. The molecule has 0 spiro atoms. The molecule has 278 valence electrons. The first-order valence-corrected chi connectivity index (χ1v) is 17.3. The predicted octanol–water partition coefficient (Wildman–Crippen LogP) is 3.12. The Hall–Kier alpha value is -5.69. The second-order valence-corrected chi connectivity index (χ2v) is 12.0. The molecule has 0 bridgehead atoms. The van der Waals surface area contributed by atoms with Crippen molar-refractivity contribution in [3.8, 4) is 17.2 Å². The Morgan fingerprint density at radius 3 is 0.923 bits per heavy atom. The number of hydrogen-bond acceptors (Lipinski definition) is 12. The number of hydrogen-bond donors (Lipinski definition) is 3. The van der Waals surface area contributed by atoms with E-state index in [9.17, 15) is 28.8 Å². The van der Waals surface area contributed by atoms with Gasteiger partial charge in [-0.25, -0.2) is 0 Å². The van der Waals surface area contributed by atoms with Crippen LogP contribution in [0.4, 0.5) is 0 Å². The second-order valence-electron chi connectivity index (χ2n) is 11.0. The zero-order chi connectivity index (χ0) is 37.7. The van der Waals surface area contributed by atoms with Crippen LogP contribution in [0.15, 0.2) is 72.8 Å². The van der Waals surface area contributed by atoms with E-state index < -0.39 is 44.2 Å². The van der Waals surface area contributed by atoms with Gasteiger partial charge in [0, 0.05) is 19.6 Å². The summed E-state index contributed by atoms with van der Waals surface area (Å²) in [4.78, 5) is 69.3. The topological polar surface area (TPSA) is 194 Å². The van der Waals surface area contributed by atoms with Crippen LogP contribution in [0.5, 0.6) is 17.2 Å². The SMILES string of the molecule is COC(=O)CC(=O)NCCc1ccc(OP(Oc2ccc(CCNC(=O)CC(=O)OC)cc2)Oc2ccc(CCNC(=O)CC(=O)OC)cc2)cc1. The first-order valence-electron chi connectivity index (χ1n) is 16.2. The molecule has 3 N–H and O–H groups in total. The predicted molar refractivity (Wildman–Crippen MR) is 188 cm³/mol. The standard InChI is InChI=1S/C36H42N3O12P/c1-46-34(43)22-31(40)37-19-16-25-4-10-28(11-5-25)49-52(50-29-12-6-26(7-13-29)17-20-38-32(41)23-35(44)47-2)51-30-14-8-27(9-15-30)18-21-39-33(42)24-36(45)48-3/h4-15H,16-24H2,1-3H3,(H,37,40)(H,38,41)(H,39,42). The van der Waals surface area contributed by atoms with Gasteiger partial charge in [0.2, 0.25) is 17.7 Å². The van der Waals surface area contributed by atoms with Crippen LogP contribution in [0.25, 0.3) is 0 Å². The first kappa shape index (κ1) is 40.7. The van der Waals surface area contributed by atoms with Crippen LogP contribution in [0, 0.1) is 0 Å². The largest absolute Gasteiger partial charge is 0.530 e. The maximum absolute atomic E-state index is 11.8. The number of benzene rings is 3. The summed E-state index contributed by atoms with van der Waals surface area (Å²) < 4.78 is 31.9. The quantitative estimate of drug-likeness (QED) is 0.0627. The van der Waals surface area contributed by atoms with Crippen LogP contribution in [-0.2, 0) is 62.2 Å². The third-order valence-electron chi connectivity index (χ3n) is 7.12. The molecule has 3 amide bonds. The lowest BCUT2D eigenvalue weighted by Crippen LogP contribution is -2.28. The minimum atomic E-state index is -2.01. The Morgan fingerprint density at radius 2 is 0.692 bits per heavy atom. The van der Waals surface area contributed by atoms with Gasteiger partial charge < -0.3 is 43.7 Å². The molecule has 3 aromatic rings. The van der Waals surface area contributed by atoms with Gasteiger partial charge in [-0.15, -0.1) is 0 Å². The van der Waals surface area contributed by atoms with E-state index in [1.165, 1.54) is 21.3 Å². The zero-order valence-electron chi connectivity index (χ0n) is 29.1. The average molecular weight is 740 g/mol. The van der Waals surface area contributed by atoms with E-state index in [2.05, 4.69) is 30.2 Å². The fourth-order valence-corrected chi connectivity index (χ4v) is 5.29. The van der Waals surface area contributed by atoms with Crippen molar-refractivity contribution in [3.05, 3.63) is 89.5 Å². The summed E-state index contributed by atoms with van der Waals surface area (Å²) in [6.07, 6.45) is 0.551. The maximum atomic E-state index is 11.8. The molecule has 3 rings (SSSR count). The van der Waals surface area contributed by atoms with Crippen molar-refractivity contribution < 1.29 is 56.5 Å². The summed E-state index contributed by atoms with van der Waals surface area (Å²) in [5.74, 6) is -1.65. The van der Waals surface area contributed by atoms with Gasteiger partial charge in [0.25, 0.3) is 0 Å². The molecular formula is C36H42N3O12P. The van der Waals surface area contributed by atoms with Crippen LogP contribution in [0.1, 0.15) is 36.0 Å². The summed E-state index contributed by atoms with van der Waals surface area (Å²) in [6, 6.07) is 21.6. The van der Waals surface area contributed by atoms with Crippen molar-refractivity contribution in [3.63, 3.8) is 0 Å². The van der Waals surface area contributed by atoms with Gasteiger partial charge in [0.05, 0.1) is 21.3 Å². The molecule has 16 heteroatoms. The molecular weight excluding hydrogens is 697 g/mol. The molecule has 0 fully saturated rings. The van der Waals surface area contributed by atoms with E-state index in [1.807, 2.05) is 36.4 Å². The number of ether oxygens (including phenoxy) is 3. The van der Waals surface area contributed by atoms with E-state index in [0.29, 0.717) is 56.1 Å². The Labute approximate surface area is 302 Å². The highest BCUT2D eigenvalue weighted by Gasteiger charge is 2.20. The van der Waals surface area contributed by atoms with Crippen LogP contribution in [0.3, 0.4) is 0 Å². The van der Waals surface area contributed by atoms with Crippen LogP contribution < -0.4 is 29.5 Å². The number of nitrogens with one attached hydrogen (secondary N) is 3. The van der Waals surface area contributed by atoms with Crippen molar-refractivity contribution in [2.24, 2.45) is 0 Å². The second kappa shape index (κ2) is 22.2. The van der Waals surface area contributed by atoms with Crippen molar-refractivity contribution in [1.29, 1.82) is 0 Å². The summed E-state index contributed by atoms with van der Waals surface area (Å²) in [5.41, 5.74) is 2.77. The molecule has 0 unspecified atom stereocenters. The van der Waals surface area contributed by atoms with Gasteiger partial charge in [0.15, 0.2) is 0 Å². The Bertz CT molecular complexity index is 1440. The van der Waals surface area contributed by atoms with Gasteiger partial charge in [-0.3, -0.25) is 28.8 Å². The molecule has 3 aromatic carbocycles. The molecule has 0 aromatic heterocycles. The lowest BCUT2D eigenvalue weighted by molar-refractivity contribution is -0.145. The molecule has 0 radical (unpaired) electrons. The Kier molecular flexibility index (Phi) is 17.4. The fraction of sp³-hybridized carbons (Fsp3) is 0.333. The lowest BCUT2D eigenvalue weighted by atomic mass is 10.1. The Morgan fingerprint density at radius 1 is 0.442 bits per heavy atom. The van der Waals surface area contributed by atoms with Crippen molar-refractivity contribution in [1.82, 2.24) is 16.0 Å². The van der Waals surface area contributed by atoms with Gasteiger partial charge >= 0.3 is 26.5 Å². The fourth-order valence-electron chi connectivity index (χ4n) is 4.30. The van der Waals surface area contributed by atoms with Crippen LogP contribution >= 0.6 is 8.60 Å². The van der Waals surface area contributed by atoms with Gasteiger partial charge in [0.1, 0.15) is 36.5 Å². The Balaban J connectivity index is 1.61. The maximum Gasteiger partial charge on any atom is 0.530 e. The number of carbonyl (C=O) groups excluding carboxylic acids is 6. The number of methoxy groups -OCH3 is 3. The summed E-state index contributed by atoms with van der Waals surface area (Å²) in [6.45, 7) is 1.00. The minimum absolute atomic E-state index is 0.334. The van der Waals surface area contributed by atoms with E-state index in [1.54, 1.807) is 36.4 Å². The summed E-state index contributed by atoms with van der Waals surface area (Å²) in [5, 5.41) is 8.03. The van der Waals surface area contributed by atoms with Crippen molar-refractivity contribution >= 4 is 44.2 Å². The summed E-state index contributed by atoms with van der Waals surface area (Å²) in [7, 11) is 1.66. The molecule has 0 aliphatic heterocycles. The lowest BCUT2D eigenvalue weighted by Gasteiger charge is -2.18. The monoisotopic (exact) mass is 739 g/mol. The van der Waals surface area contributed by atoms with Gasteiger partial charge in [-0.1, -0.05) is 36.4 Å². The minimum Gasteiger partial charge on any atom is -0.469 e. The van der Waals surface area contributed by atoms with Crippen LogP contribution in [0.2, 0.25) is 0 Å². The number of amides is 3. The average Bonchev–Trinajstić information content (AvgIpc) is 3.13. The van der Waals surface area contributed by atoms with Crippen LogP contribution in [-0.4, -0.2) is 76.6 Å². The smallest absolute Gasteiger partial charge is 0.469 e. The molecule has 15 nitrogen and oxygen atoms in total. The third-order valence-corrected chi connectivity index (χ3v) is 8.19. The number of carbonyl (C=O) groups is 6. The summed E-state index contributed by atoms with van der Waals surface area (Å²) >= 11 is 0. The molecule has 0 saturated carbocycles. The van der Waals surface area contributed by atoms with Gasteiger partial charge in [-0.2, -0.15) is 0 Å². The highest BCUT2D eigenvalue weighted by atomic mass is 31.2. The number of esters is 3. The van der Waals surface area contributed by atoms with Crippen molar-refractivity contribution in [2.75, 3.05) is 41.0 Å². The third kappa shape index (κ3) is 15.9. The molecule has 0 saturated heterocycles. The molecule has 0 aliphatic rings. The highest BCUT2D eigenvalue weighted by Crippen LogP contribution is 2.42. The van der Waals surface area contributed by atoms with E-state index in [-0.39, 0.29) is 19.3 Å². The van der Waals surface area contributed by atoms with E-state index in [0.717, 1.165) is 16.7 Å². The molecule has 0 heterocycles. The van der Waals surface area contributed by atoms with E-state index >= 15 is 0 Å². The zero-order valence-corrected chi connectivity index (χ0v) is 30.0. The molecule has 0 aliphatic carbocycles. The number of rotatable bonds is 21. The van der Waals surface area contributed by atoms with Crippen molar-refractivity contribution in [2.45, 2.75) is 38.5 Å². The highest BCUT2D eigenvalue weighted by molar-refractivity contribution is 7.43. The normalized spacial score (nSPS) is 10.4.